The molecule has 0 spiro atoms. The van der Waals surface area contributed by atoms with E-state index in [4.69, 9.17) is 23.7 Å². The van der Waals surface area contributed by atoms with Crippen LogP contribution >= 0.6 is 11.8 Å². The maximum absolute atomic E-state index is 13.0. The van der Waals surface area contributed by atoms with Crippen LogP contribution in [0.5, 0.6) is 23.0 Å². The fraction of sp³-hybridized carbons (Fsp3) is 0.296. The fourth-order valence-electron chi connectivity index (χ4n) is 4.52. The summed E-state index contributed by atoms with van der Waals surface area (Å²) in [4.78, 5) is 32.6. The summed E-state index contributed by atoms with van der Waals surface area (Å²) in [7, 11) is 4.47. The van der Waals surface area contributed by atoms with Crippen LogP contribution in [0.15, 0.2) is 63.8 Å². The van der Waals surface area contributed by atoms with Gasteiger partial charge in [0, 0.05) is 18.3 Å². The van der Waals surface area contributed by atoms with Gasteiger partial charge in [0.25, 0.3) is 0 Å². The fourth-order valence-corrected chi connectivity index (χ4v) is 5.49. The molecule has 3 heterocycles. The molecule has 3 aliphatic rings. The highest BCUT2D eigenvalue weighted by atomic mass is 32.2. The number of carbonyl (C=O) groups excluding carboxylic acids is 2. The number of fused-ring (bicyclic) bond motifs is 2. The van der Waals surface area contributed by atoms with Crippen LogP contribution in [0.25, 0.3) is 0 Å². The molecule has 1 atom stereocenters. The Morgan fingerprint density at radius 3 is 2.53 bits per heavy atom. The van der Waals surface area contributed by atoms with E-state index in [0.29, 0.717) is 51.7 Å². The molecular formula is C27H27N3O7S. The first kappa shape index (κ1) is 25.5. The molecule has 0 bridgehead atoms. The number of nitrogens with one attached hydrogen (secondary N) is 1. The lowest BCUT2D eigenvalue weighted by molar-refractivity contribution is -0.136. The summed E-state index contributed by atoms with van der Waals surface area (Å²) in [6.45, 7) is 2.30. The second-order valence-electron chi connectivity index (χ2n) is 8.67. The first-order valence-corrected chi connectivity index (χ1v) is 12.7. The van der Waals surface area contributed by atoms with Gasteiger partial charge in [-0.3, -0.25) is 4.79 Å². The van der Waals surface area contributed by atoms with Gasteiger partial charge in [0.15, 0.2) is 16.7 Å². The Kier molecular flexibility index (Phi) is 7.19. The number of amidine groups is 1. The number of rotatable bonds is 8. The van der Waals surface area contributed by atoms with Gasteiger partial charge >= 0.3 is 5.97 Å². The van der Waals surface area contributed by atoms with Gasteiger partial charge in [-0.2, -0.15) is 0 Å². The van der Waals surface area contributed by atoms with Crippen molar-refractivity contribution in [3.8, 4) is 23.0 Å². The normalized spacial score (nSPS) is 17.5. The molecule has 0 fully saturated rings. The zero-order valence-corrected chi connectivity index (χ0v) is 22.2. The minimum Gasteiger partial charge on any atom is -0.497 e. The van der Waals surface area contributed by atoms with Crippen LogP contribution in [-0.4, -0.2) is 50.1 Å². The van der Waals surface area contributed by atoms with Crippen LogP contribution in [-0.2, 0) is 20.9 Å². The lowest BCUT2D eigenvalue weighted by Gasteiger charge is -2.36. The second kappa shape index (κ2) is 10.7. The number of aliphatic imine (C=N–C) groups is 1. The summed E-state index contributed by atoms with van der Waals surface area (Å²) < 4.78 is 26.9. The van der Waals surface area contributed by atoms with E-state index in [0.717, 1.165) is 11.1 Å². The smallest absolute Gasteiger partial charge is 0.338 e. The zero-order chi connectivity index (χ0) is 26.8. The van der Waals surface area contributed by atoms with Gasteiger partial charge < -0.3 is 33.9 Å². The third-order valence-electron chi connectivity index (χ3n) is 6.36. The van der Waals surface area contributed by atoms with E-state index < -0.39 is 12.0 Å². The summed E-state index contributed by atoms with van der Waals surface area (Å²) in [5.41, 5.74) is 3.26. The minimum atomic E-state index is -0.596. The Balaban J connectivity index is 1.41. The lowest BCUT2D eigenvalue weighted by Crippen LogP contribution is -2.38. The van der Waals surface area contributed by atoms with E-state index in [2.05, 4.69) is 10.3 Å². The molecule has 0 saturated carbocycles. The SMILES string of the molecule is COC(=O)C1=C(C)N=C2SC=C(CC(=O)NCc3ccc4c(c3)OCO4)N2C1c1cc(OC)cc(OC)c1. The van der Waals surface area contributed by atoms with Crippen molar-refractivity contribution in [1.29, 1.82) is 0 Å². The van der Waals surface area contributed by atoms with Gasteiger partial charge in [-0.05, 0) is 47.7 Å². The number of benzene rings is 2. The van der Waals surface area contributed by atoms with Crippen molar-refractivity contribution in [2.75, 3.05) is 28.1 Å². The van der Waals surface area contributed by atoms with Gasteiger partial charge in [0.1, 0.15) is 11.5 Å². The highest BCUT2D eigenvalue weighted by Crippen LogP contribution is 2.46. The van der Waals surface area contributed by atoms with Crippen molar-refractivity contribution >= 4 is 28.8 Å². The average molecular weight is 538 g/mol. The molecule has 1 unspecified atom stereocenters. The number of carbonyl (C=O) groups is 2. The maximum Gasteiger partial charge on any atom is 0.338 e. The van der Waals surface area contributed by atoms with E-state index in [9.17, 15) is 9.59 Å². The topological polar surface area (TPSA) is 108 Å². The van der Waals surface area contributed by atoms with Gasteiger partial charge in [-0.15, -0.1) is 0 Å². The predicted octanol–water partition coefficient (Wildman–Crippen LogP) is 3.89. The molecule has 2 aromatic carbocycles. The Morgan fingerprint density at radius 1 is 1.08 bits per heavy atom. The Hall–Kier alpha value is -4.12. The van der Waals surface area contributed by atoms with Crippen molar-refractivity contribution in [1.82, 2.24) is 10.2 Å². The van der Waals surface area contributed by atoms with Crippen LogP contribution in [0.4, 0.5) is 0 Å². The van der Waals surface area contributed by atoms with E-state index in [1.165, 1.54) is 18.9 Å². The molecule has 2 aromatic rings. The molecule has 198 valence electrons. The molecule has 5 rings (SSSR count). The summed E-state index contributed by atoms with van der Waals surface area (Å²) in [5, 5.41) is 5.51. The number of ether oxygens (including phenoxy) is 5. The van der Waals surface area contributed by atoms with Crippen LogP contribution in [0.2, 0.25) is 0 Å². The highest BCUT2D eigenvalue weighted by molar-refractivity contribution is 8.16. The van der Waals surface area contributed by atoms with Crippen molar-refractivity contribution in [2.24, 2.45) is 4.99 Å². The third kappa shape index (κ3) is 4.89. The van der Waals surface area contributed by atoms with E-state index in [-0.39, 0.29) is 19.1 Å². The first-order chi connectivity index (χ1) is 18.4. The van der Waals surface area contributed by atoms with E-state index >= 15 is 0 Å². The van der Waals surface area contributed by atoms with Gasteiger partial charge in [-0.25, -0.2) is 9.79 Å². The largest absolute Gasteiger partial charge is 0.497 e. The quantitative estimate of drug-likeness (QED) is 0.502. The molecule has 1 N–H and O–H groups in total. The molecule has 38 heavy (non-hydrogen) atoms. The minimum absolute atomic E-state index is 0.0850. The van der Waals surface area contributed by atoms with Crippen molar-refractivity contribution in [2.45, 2.75) is 25.9 Å². The van der Waals surface area contributed by atoms with Crippen molar-refractivity contribution in [3.05, 3.63) is 69.9 Å². The standard InChI is InChI=1S/C27H27N3O7S/c1-15-24(26(32)35-4)25(17-8-19(33-2)11-20(9-17)34-3)30-18(13-38-27(30)29-15)10-23(31)28-12-16-5-6-21-22(7-16)37-14-36-21/h5-9,11,13,25H,10,12,14H2,1-4H3,(H,28,31). The molecule has 0 saturated heterocycles. The van der Waals surface area contributed by atoms with Crippen LogP contribution in [0.3, 0.4) is 0 Å². The maximum atomic E-state index is 13.0. The molecule has 3 aliphatic heterocycles. The number of esters is 1. The molecule has 0 aliphatic carbocycles. The molecule has 1 amide bonds. The summed E-state index contributed by atoms with van der Waals surface area (Å²) in [5.74, 6) is 1.82. The van der Waals surface area contributed by atoms with Crippen LogP contribution in [0.1, 0.15) is 30.5 Å². The van der Waals surface area contributed by atoms with E-state index in [1.807, 2.05) is 40.6 Å². The second-order valence-corrected chi connectivity index (χ2v) is 9.51. The molecule has 0 aromatic heterocycles. The van der Waals surface area contributed by atoms with Crippen LogP contribution < -0.4 is 24.3 Å². The zero-order valence-electron chi connectivity index (χ0n) is 21.4. The first-order valence-electron chi connectivity index (χ1n) is 11.8. The van der Waals surface area contributed by atoms with Gasteiger partial charge in [0.05, 0.1) is 45.1 Å². The monoisotopic (exact) mass is 537 g/mol. The molecule has 0 radical (unpaired) electrons. The summed E-state index contributed by atoms with van der Waals surface area (Å²) in [6.07, 6.45) is 0.0850. The average Bonchev–Trinajstić information content (AvgIpc) is 3.56. The number of hydrogen-bond donors (Lipinski definition) is 1. The van der Waals surface area contributed by atoms with E-state index in [1.54, 1.807) is 27.2 Å². The number of nitrogens with zero attached hydrogens (tertiary/aromatic N) is 2. The Bertz CT molecular complexity index is 1360. The number of amides is 1. The van der Waals surface area contributed by atoms with Gasteiger partial charge in [0.2, 0.25) is 12.7 Å². The lowest BCUT2D eigenvalue weighted by atomic mass is 9.93. The highest BCUT2D eigenvalue weighted by Gasteiger charge is 2.41. The Morgan fingerprint density at radius 2 is 1.82 bits per heavy atom. The number of allylic oxidation sites excluding steroid dienone is 1. The molecule has 11 heteroatoms. The van der Waals surface area contributed by atoms with Crippen LogP contribution in [0, 0.1) is 0 Å². The third-order valence-corrected chi connectivity index (χ3v) is 7.25. The number of hydrogen-bond acceptors (Lipinski definition) is 10. The summed E-state index contributed by atoms with van der Waals surface area (Å²) >= 11 is 1.40. The predicted molar refractivity (Wildman–Crippen MR) is 141 cm³/mol. The number of thioether (sulfide) groups is 1. The molecular weight excluding hydrogens is 510 g/mol. The summed E-state index contributed by atoms with van der Waals surface area (Å²) in [6, 6.07) is 10.4. The Labute approximate surface area is 224 Å². The van der Waals surface area contributed by atoms with Gasteiger partial charge in [-0.1, -0.05) is 17.8 Å². The van der Waals surface area contributed by atoms with Crippen molar-refractivity contribution < 1.29 is 33.3 Å². The van der Waals surface area contributed by atoms with Crippen molar-refractivity contribution in [3.63, 3.8) is 0 Å². The number of methoxy groups -OCH3 is 3. The molecule has 10 nitrogen and oxygen atoms in total.